The Hall–Kier alpha value is -2.73. The van der Waals surface area contributed by atoms with Gasteiger partial charge in [-0.05, 0) is 36.8 Å². The summed E-state index contributed by atoms with van der Waals surface area (Å²) < 4.78 is 7.20. The van der Waals surface area contributed by atoms with Gasteiger partial charge < -0.3 is 10.1 Å². The van der Waals surface area contributed by atoms with Gasteiger partial charge >= 0.3 is 0 Å². The third-order valence-electron chi connectivity index (χ3n) is 4.41. The summed E-state index contributed by atoms with van der Waals surface area (Å²) in [5, 5.41) is 7.77. The molecule has 1 aromatic heterocycles. The first-order valence-corrected chi connectivity index (χ1v) is 9.42. The maximum Gasteiger partial charge on any atom is 0.235 e. The Morgan fingerprint density at radius 2 is 2.00 bits per heavy atom. The molecule has 3 aromatic rings. The Kier molecular flexibility index (Phi) is 4.42. The van der Waals surface area contributed by atoms with Crippen LogP contribution in [0.1, 0.15) is 22.1 Å². The van der Waals surface area contributed by atoms with Gasteiger partial charge in [0.2, 0.25) is 5.91 Å². The number of benzene rings is 2. The van der Waals surface area contributed by atoms with Crippen LogP contribution in [0.4, 0.5) is 5.82 Å². The number of anilines is 1. The third-order valence-corrected chi connectivity index (χ3v) is 5.68. The van der Waals surface area contributed by atoms with Crippen LogP contribution in [0.2, 0.25) is 0 Å². The number of para-hydroxylation sites is 1. The molecule has 0 spiro atoms. The highest BCUT2D eigenvalue weighted by Gasteiger charge is 2.30. The molecule has 26 heavy (non-hydrogen) atoms. The Balaban J connectivity index is 1.88. The Morgan fingerprint density at radius 1 is 1.19 bits per heavy atom. The van der Waals surface area contributed by atoms with Crippen LogP contribution >= 0.6 is 11.8 Å². The molecule has 2 aromatic carbocycles. The summed E-state index contributed by atoms with van der Waals surface area (Å²) in [4.78, 5) is 12.3. The van der Waals surface area contributed by atoms with Gasteiger partial charge in [0.1, 0.15) is 11.6 Å². The lowest BCUT2D eigenvalue weighted by molar-refractivity contribution is -0.113. The molecule has 132 valence electrons. The van der Waals surface area contributed by atoms with Crippen LogP contribution in [0.25, 0.3) is 5.69 Å². The van der Waals surface area contributed by atoms with E-state index >= 15 is 0 Å². The third kappa shape index (κ3) is 2.97. The van der Waals surface area contributed by atoms with Crippen molar-refractivity contribution in [1.29, 1.82) is 0 Å². The molecule has 6 heteroatoms. The standard InChI is InChI=1S/C20H19N3O2S/c1-13-18-19(14-7-6-10-16(11-14)25-2)26-12-17(24)21-20(18)23(22-13)15-8-4-3-5-9-15/h3-11,19H,12H2,1-2H3,(H,21,24)/t19-/m1/s1. The molecular formula is C20H19N3O2S. The first-order chi connectivity index (χ1) is 12.7. The lowest BCUT2D eigenvalue weighted by atomic mass is 10.0. The largest absolute Gasteiger partial charge is 0.497 e. The van der Waals surface area contributed by atoms with Crippen LogP contribution in [0, 0.1) is 6.92 Å². The number of amides is 1. The van der Waals surface area contributed by atoms with Crippen LogP contribution in [0.15, 0.2) is 54.6 Å². The van der Waals surface area contributed by atoms with Gasteiger partial charge in [0.25, 0.3) is 0 Å². The fourth-order valence-corrected chi connectivity index (χ4v) is 4.39. The summed E-state index contributed by atoms with van der Waals surface area (Å²) >= 11 is 1.61. The average Bonchev–Trinajstić information content (AvgIpc) is 2.88. The van der Waals surface area contributed by atoms with Crippen molar-refractivity contribution in [3.05, 3.63) is 71.4 Å². The van der Waals surface area contributed by atoms with E-state index in [2.05, 4.69) is 11.4 Å². The summed E-state index contributed by atoms with van der Waals surface area (Å²) in [6.07, 6.45) is 0. The van der Waals surface area contributed by atoms with E-state index in [1.165, 1.54) is 0 Å². The van der Waals surface area contributed by atoms with Gasteiger partial charge in [-0.2, -0.15) is 5.10 Å². The second-order valence-corrected chi connectivity index (χ2v) is 7.20. The van der Waals surface area contributed by atoms with Crippen molar-refractivity contribution in [2.75, 3.05) is 18.2 Å². The van der Waals surface area contributed by atoms with Crippen molar-refractivity contribution in [2.45, 2.75) is 12.2 Å². The Bertz CT molecular complexity index is 953. The van der Waals surface area contributed by atoms with Gasteiger partial charge in [0.15, 0.2) is 0 Å². The topological polar surface area (TPSA) is 56.1 Å². The highest BCUT2D eigenvalue weighted by Crippen LogP contribution is 2.44. The Morgan fingerprint density at radius 3 is 2.77 bits per heavy atom. The normalized spacial score (nSPS) is 16.5. The average molecular weight is 365 g/mol. The second-order valence-electron chi connectivity index (χ2n) is 6.11. The van der Waals surface area contributed by atoms with E-state index in [4.69, 9.17) is 9.84 Å². The molecule has 0 unspecified atom stereocenters. The van der Waals surface area contributed by atoms with Crippen molar-refractivity contribution in [1.82, 2.24) is 9.78 Å². The molecule has 0 radical (unpaired) electrons. The number of aryl methyl sites for hydroxylation is 1. The summed E-state index contributed by atoms with van der Waals surface area (Å²) in [6.45, 7) is 1.99. The molecule has 0 saturated heterocycles. The number of methoxy groups -OCH3 is 1. The number of thioether (sulfide) groups is 1. The molecule has 4 rings (SSSR count). The summed E-state index contributed by atoms with van der Waals surface area (Å²) in [5.74, 6) is 1.93. The zero-order chi connectivity index (χ0) is 18.1. The van der Waals surface area contributed by atoms with E-state index in [0.29, 0.717) is 5.75 Å². The predicted molar refractivity (Wildman–Crippen MR) is 104 cm³/mol. The lowest BCUT2D eigenvalue weighted by Gasteiger charge is -2.16. The van der Waals surface area contributed by atoms with Crippen LogP contribution in [-0.4, -0.2) is 28.6 Å². The van der Waals surface area contributed by atoms with Crippen molar-refractivity contribution in [2.24, 2.45) is 0 Å². The fraction of sp³-hybridized carbons (Fsp3) is 0.200. The molecule has 0 aliphatic carbocycles. The number of fused-ring (bicyclic) bond motifs is 1. The number of nitrogens with one attached hydrogen (secondary N) is 1. The number of ether oxygens (including phenoxy) is 1. The quantitative estimate of drug-likeness (QED) is 0.763. The fourth-order valence-electron chi connectivity index (χ4n) is 3.21. The van der Waals surface area contributed by atoms with Gasteiger partial charge in [0.05, 0.1) is 29.5 Å². The number of carbonyl (C=O) groups excluding carboxylic acids is 1. The first kappa shape index (κ1) is 16.7. The highest BCUT2D eigenvalue weighted by atomic mass is 32.2. The molecule has 5 nitrogen and oxygen atoms in total. The molecular weight excluding hydrogens is 346 g/mol. The van der Waals surface area contributed by atoms with Gasteiger partial charge in [-0.25, -0.2) is 4.68 Å². The summed E-state index contributed by atoms with van der Waals surface area (Å²) in [6, 6.07) is 17.9. The Labute approximate surface area is 156 Å². The lowest BCUT2D eigenvalue weighted by Crippen LogP contribution is -2.15. The van der Waals surface area contributed by atoms with Crippen molar-refractivity contribution < 1.29 is 9.53 Å². The van der Waals surface area contributed by atoms with Gasteiger partial charge in [-0.3, -0.25) is 4.79 Å². The minimum atomic E-state index is -0.0151. The number of rotatable bonds is 3. The number of carbonyl (C=O) groups is 1. The number of hydrogen-bond acceptors (Lipinski definition) is 4. The van der Waals surface area contributed by atoms with E-state index in [-0.39, 0.29) is 11.2 Å². The number of aromatic nitrogens is 2. The van der Waals surface area contributed by atoms with Crippen molar-refractivity contribution >= 4 is 23.5 Å². The molecule has 1 aliphatic rings. The van der Waals surface area contributed by atoms with Crippen LogP contribution in [0.5, 0.6) is 5.75 Å². The first-order valence-electron chi connectivity index (χ1n) is 8.37. The van der Waals surface area contributed by atoms with Crippen LogP contribution in [0.3, 0.4) is 0 Å². The van der Waals surface area contributed by atoms with E-state index in [0.717, 1.165) is 34.1 Å². The van der Waals surface area contributed by atoms with E-state index in [1.807, 2.05) is 60.1 Å². The molecule has 0 fully saturated rings. The monoisotopic (exact) mass is 365 g/mol. The zero-order valence-corrected chi connectivity index (χ0v) is 15.4. The highest BCUT2D eigenvalue weighted by molar-refractivity contribution is 8.00. The van der Waals surface area contributed by atoms with E-state index in [1.54, 1.807) is 18.9 Å². The molecule has 1 amide bonds. The minimum absolute atomic E-state index is 0.0107. The van der Waals surface area contributed by atoms with E-state index in [9.17, 15) is 4.79 Å². The molecule has 0 saturated carbocycles. The number of nitrogens with zero attached hydrogens (tertiary/aromatic N) is 2. The molecule has 1 N–H and O–H groups in total. The number of hydrogen-bond donors (Lipinski definition) is 1. The predicted octanol–water partition coefficient (Wildman–Crippen LogP) is 3.96. The van der Waals surface area contributed by atoms with Gasteiger partial charge in [-0.1, -0.05) is 30.3 Å². The SMILES string of the molecule is COc1cccc([C@H]2SCC(=O)Nc3c2c(C)nn3-c2ccccc2)c1. The minimum Gasteiger partial charge on any atom is -0.497 e. The van der Waals surface area contributed by atoms with Crippen LogP contribution in [-0.2, 0) is 4.79 Å². The second kappa shape index (κ2) is 6.88. The zero-order valence-electron chi connectivity index (χ0n) is 14.6. The van der Waals surface area contributed by atoms with Gasteiger partial charge in [0, 0.05) is 5.56 Å². The van der Waals surface area contributed by atoms with Crippen LogP contribution < -0.4 is 10.1 Å². The smallest absolute Gasteiger partial charge is 0.235 e. The summed E-state index contributed by atoms with van der Waals surface area (Å²) in [5.41, 5.74) is 3.97. The maximum atomic E-state index is 12.3. The maximum absolute atomic E-state index is 12.3. The molecule has 1 aliphatic heterocycles. The van der Waals surface area contributed by atoms with Crippen molar-refractivity contribution in [3.63, 3.8) is 0 Å². The van der Waals surface area contributed by atoms with E-state index < -0.39 is 0 Å². The van der Waals surface area contributed by atoms with Crippen molar-refractivity contribution in [3.8, 4) is 11.4 Å². The summed E-state index contributed by atoms with van der Waals surface area (Å²) in [7, 11) is 1.66. The molecule has 0 bridgehead atoms. The molecule has 1 atom stereocenters. The molecule has 2 heterocycles. The van der Waals surface area contributed by atoms with Gasteiger partial charge in [-0.15, -0.1) is 11.8 Å².